The van der Waals surface area contributed by atoms with E-state index in [2.05, 4.69) is 23.2 Å². The van der Waals surface area contributed by atoms with Crippen molar-refractivity contribution in [2.75, 3.05) is 5.73 Å². The van der Waals surface area contributed by atoms with Crippen LogP contribution in [0.5, 0.6) is 0 Å². The summed E-state index contributed by atoms with van der Waals surface area (Å²) in [5.74, 6) is 0.551. The van der Waals surface area contributed by atoms with Crippen molar-refractivity contribution in [3.8, 4) is 11.3 Å². The third kappa shape index (κ3) is 1.95. The van der Waals surface area contributed by atoms with E-state index in [9.17, 15) is 0 Å². The highest BCUT2D eigenvalue weighted by Gasteiger charge is 2.10. The van der Waals surface area contributed by atoms with E-state index < -0.39 is 0 Å². The number of nitrogen functional groups attached to an aromatic ring is 1. The van der Waals surface area contributed by atoms with Gasteiger partial charge < -0.3 is 5.73 Å². The van der Waals surface area contributed by atoms with Crippen molar-refractivity contribution in [2.24, 2.45) is 0 Å². The van der Waals surface area contributed by atoms with Crippen LogP contribution in [0.4, 0.5) is 5.95 Å². The zero-order valence-corrected chi connectivity index (χ0v) is 10.1. The quantitative estimate of drug-likeness (QED) is 0.870. The lowest BCUT2D eigenvalue weighted by Gasteiger charge is -2.10. The predicted molar refractivity (Wildman–Crippen MR) is 74.7 cm³/mol. The zero-order valence-electron chi connectivity index (χ0n) is 10.1. The minimum Gasteiger partial charge on any atom is -0.369 e. The molecule has 3 rings (SSSR count). The number of aromatic nitrogens is 2. The van der Waals surface area contributed by atoms with Crippen LogP contribution in [-0.4, -0.2) is 9.55 Å². The van der Waals surface area contributed by atoms with Crippen LogP contribution in [0, 0.1) is 0 Å². The Hall–Kier alpha value is -2.29. The first-order valence-electron chi connectivity index (χ1n) is 6.11. The molecule has 0 spiro atoms. The van der Waals surface area contributed by atoms with Crippen LogP contribution in [0.2, 0.25) is 0 Å². The molecule has 1 aliphatic rings. The molecule has 0 atom stereocenters. The van der Waals surface area contributed by atoms with Gasteiger partial charge in [-0.05, 0) is 18.9 Å². The highest BCUT2D eigenvalue weighted by molar-refractivity contribution is 5.64. The van der Waals surface area contributed by atoms with Gasteiger partial charge in [-0.15, -0.1) is 0 Å². The van der Waals surface area contributed by atoms with Crippen molar-refractivity contribution >= 4 is 11.6 Å². The first kappa shape index (κ1) is 10.8. The van der Waals surface area contributed by atoms with E-state index in [1.165, 1.54) is 5.70 Å². The molecular weight excluding hydrogens is 222 g/mol. The van der Waals surface area contributed by atoms with Gasteiger partial charge in [-0.25, -0.2) is 4.98 Å². The second-order valence-corrected chi connectivity index (χ2v) is 4.35. The molecule has 0 amide bonds. The van der Waals surface area contributed by atoms with Gasteiger partial charge in [-0.1, -0.05) is 42.5 Å². The number of anilines is 1. The molecule has 0 bridgehead atoms. The second kappa shape index (κ2) is 4.53. The summed E-state index contributed by atoms with van der Waals surface area (Å²) in [7, 11) is 0. The highest BCUT2D eigenvalue weighted by atomic mass is 15.2. The SMILES string of the molecule is Nc1nc(-c2ccccc2)cn1C1=CC=CCC1. The summed E-state index contributed by atoms with van der Waals surface area (Å²) in [6.45, 7) is 0. The van der Waals surface area contributed by atoms with Crippen LogP contribution in [0.15, 0.2) is 54.8 Å². The van der Waals surface area contributed by atoms with Crippen molar-refractivity contribution < 1.29 is 0 Å². The van der Waals surface area contributed by atoms with E-state index in [-0.39, 0.29) is 0 Å². The fraction of sp³-hybridized carbons (Fsp3) is 0.133. The normalized spacial score (nSPS) is 14.6. The van der Waals surface area contributed by atoms with E-state index in [4.69, 9.17) is 5.73 Å². The van der Waals surface area contributed by atoms with Crippen molar-refractivity contribution in [2.45, 2.75) is 12.8 Å². The average molecular weight is 237 g/mol. The van der Waals surface area contributed by atoms with Gasteiger partial charge in [0.2, 0.25) is 5.95 Å². The number of hydrogen-bond donors (Lipinski definition) is 1. The molecule has 1 aromatic carbocycles. The van der Waals surface area contributed by atoms with E-state index in [1.807, 2.05) is 41.1 Å². The smallest absolute Gasteiger partial charge is 0.205 e. The van der Waals surface area contributed by atoms with E-state index in [0.29, 0.717) is 5.95 Å². The molecule has 18 heavy (non-hydrogen) atoms. The maximum Gasteiger partial charge on any atom is 0.205 e. The van der Waals surface area contributed by atoms with E-state index in [1.54, 1.807) is 0 Å². The minimum absolute atomic E-state index is 0.551. The molecule has 1 heterocycles. The fourth-order valence-electron chi connectivity index (χ4n) is 2.16. The Morgan fingerprint density at radius 2 is 2.00 bits per heavy atom. The second-order valence-electron chi connectivity index (χ2n) is 4.35. The van der Waals surface area contributed by atoms with E-state index >= 15 is 0 Å². The highest BCUT2D eigenvalue weighted by Crippen LogP contribution is 2.25. The molecule has 3 nitrogen and oxygen atoms in total. The van der Waals surface area contributed by atoms with Crippen LogP contribution in [0.25, 0.3) is 17.0 Å². The van der Waals surface area contributed by atoms with Crippen LogP contribution < -0.4 is 5.73 Å². The van der Waals surface area contributed by atoms with Gasteiger partial charge in [0, 0.05) is 17.5 Å². The first-order valence-corrected chi connectivity index (χ1v) is 6.11. The minimum atomic E-state index is 0.551. The number of nitrogens with two attached hydrogens (primary N) is 1. The van der Waals surface area contributed by atoms with Crippen molar-refractivity contribution in [3.63, 3.8) is 0 Å². The van der Waals surface area contributed by atoms with Crippen LogP contribution in [-0.2, 0) is 0 Å². The van der Waals surface area contributed by atoms with Gasteiger partial charge in [0.05, 0.1) is 5.69 Å². The van der Waals surface area contributed by atoms with Crippen LogP contribution >= 0.6 is 0 Å². The van der Waals surface area contributed by atoms with Gasteiger partial charge in [-0.3, -0.25) is 4.57 Å². The molecule has 1 aromatic heterocycles. The number of allylic oxidation sites excluding steroid dienone is 4. The maximum atomic E-state index is 6.00. The molecule has 2 N–H and O–H groups in total. The van der Waals surface area contributed by atoms with Gasteiger partial charge in [0.1, 0.15) is 0 Å². The molecule has 2 aromatic rings. The molecule has 0 unspecified atom stereocenters. The molecule has 0 saturated heterocycles. The molecule has 0 fully saturated rings. The molecule has 1 aliphatic carbocycles. The van der Waals surface area contributed by atoms with E-state index in [0.717, 1.165) is 24.1 Å². The van der Waals surface area contributed by atoms with Gasteiger partial charge in [0.15, 0.2) is 0 Å². The Bertz CT molecular complexity index is 606. The lowest BCUT2D eigenvalue weighted by atomic mass is 10.1. The predicted octanol–water partition coefficient (Wildman–Crippen LogP) is 3.32. The summed E-state index contributed by atoms with van der Waals surface area (Å²) < 4.78 is 1.98. The Labute approximate surface area is 106 Å². The molecule has 90 valence electrons. The van der Waals surface area contributed by atoms with Crippen LogP contribution in [0.3, 0.4) is 0 Å². The van der Waals surface area contributed by atoms with Crippen molar-refractivity contribution in [3.05, 3.63) is 54.8 Å². The monoisotopic (exact) mass is 237 g/mol. The number of nitrogens with zero attached hydrogens (tertiary/aromatic N) is 2. The maximum absolute atomic E-state index is 6.00. The molecule has 0 saturated carbocycles. The summed E-state index contributed by atoms with van der Waals surface area (Å²) in [5, 5.41) is 0. The standard InChI is InChI=1S/C15H15N3/c16-15-17-14(12-7-3-1-4-8-12)11-18(15)13-9-5-2-6-10-13/h1-5,7-9,11H,6,10H2,(H2,16,17). The topological polar surface area (TPSA) is 43.8 Å². The third-order valence-corrected chi connectivity index (χ3v) is 3.10. The zero-order chi connectivity index (χ0) is 12.4. The molecule has 0 aliphatic heterocycles. The number of benzene rings is 1. The van der Waals surface area contributed by atoms with Gasteiger partial charge in [-0.2, -0.15) is 0 Å². The summed E-state index contributed by atoms with van der Waals surface area (Å²) in [4.78, 5) is 4.43. The van der Waals surface area contributed by atoms with Gasteiger partial charge >= 0.3 is 0 Å². The first-order chi connectivity index (χ1) is 8.84. The summed E-state index contributed by atoms with van der Waals surface area (Å²) >= 11 is 0. The summed E-state index contributed by atoms with van der Waals surface area (Å²) in [5.41, 5.74) is 9.21. The largest absolute Gasteiger partial charge is 0.369 e. The Morgan fingerprint density at radius 3 is 2.72 bits per heavy atom. The van der Waals surface area contributed by atoms with Gasteiger partial charge in [0.25, 0.3) is 0 Å². The van der Waals surface area contributed by atoms with Crippen molar-refractivity contribution in [1.29, 1.82) is 0 Å². The summed E-state index contributed by atoms with van der Waals surface area (Å²) in [6.07, 6.45) is 10.4. The fourth-order valence-corrected chi connectivity index (χ4v) is 2.16. The van der Waals surface area contributed by atoms with Crippen LogP contribution in [0.1, 0.15) is 12.8 Å². The summed E-state index contributed by atoms with van der Waals surface area (Å²) in [6, 6.07) is 10.1. The lowest BCUT2D eigenvalue weighted by Crippen LogP contribution is -2.02. The van der Waals surface area contributed by atoms with Crippen molar-refractivity contribution in [1.82, 2.24) is 9.55 Å². The third-order valence-electron chi connectivity index (χ3n) is 3.10. The Kier molecular flexibility index (Phi) is 2.73. The number of rotatable bonds is 2. The average Bonchev–Trinajstić information content (AvgIpc) is 2.83. The molecule has 3 heteroatoms. The number of imidazole rings is 1. The molecular formula is C15H15N3. The molecule has 0 radical (unpaired) electrons. The Morgan fingerprint density at radius 1 is 1.17 bits per heavy atom. The lowest BCUT2D eigenvalue weighted by molar-refractivity contribution is 0.947. The Balaban J connectivity index is 2.01. The number of hydrogen-bond acceptors (Lipinski definition) is 2.